The van der Waals surface area contributed by atoms with Crippen LogP contribution in [-0.2, 0) is 0 Å². The van der Waals surface area contributed by atoms with E-state index >= 15 is 0 Å². The quantitative estimate of drug-likeness (QED) is 0.733. The van der Waals surface area contributed by atoms with E-state index in [1.54, 1.807) is 30.5 Å². The van der Waals surface area contributed by atoms with Crippen molar-refractivity contribution in [2.24, 2.45) is 0 Å². The molecule has 2 aromatic carbocycles. The van der Waals surface area contributed by atoms with Crippen molar-refractivity contribution >= 4 is 10.9 Å². The highest BCUT2D eigenvalue weighted by Gasteiger charge is 2.31. The number of nitrogens with one attached hydrogen (secondary N) is 1. The number of benzene rings is 2. The summed E-state index contributed by atoms with van der Waals surface area (Å²) < 4.78 is 40.6. The largest absolute Gasteiger partial charge is 0.573 e. The summed E-state index contributed by atoms with van der Waals surface area (Å²) in [6.07, 6.45) is -3.07. The molecule has 3 rings (SSSR count). The smallest absolute Gasteiger partial charge is 0.507 e. The molecule has 3 aromatic rings. The summed E-state index contributed by atoms with van der Waals surface area (Å²) >= 11 is 0. The molecule has 21 heavy (non-hydrogen) atoms. The van der Waals surface area contributed by atoms with E-state index in [9.17, 15) is 18.3 Å². The number of halogens is 3. The number of ether oxygens (including phenoxy) is 1. The molecule has 0 saturated carbocycles. The lowest BCUT2D eigenvalue weighted by Crippen LogP contribution is -2.17. The van der Waals surface area contributed by atoms with Crippen LogP contribution in [0.1, 0.15) is 0 Å². The first-order chi connectivity index (χ1) is 9.94. The van der Waals surface area contributed by atoms with Gasteiger partial charge < -0.3 is 14.8 Å². The van der Waals surface area contributed by atoms with E-state index in [0.29, 0.717) is 16.5 Å². The van der Waals surface area contributed by atoms with Crippen LogP contribution < -0.4 is 4.74 Å². The van der Waals surface area contributed by atoms with E-state index < -0.39 is 6.36 Å². The highest BCUT2D eigenvalue weighted by Crippen LogP contribution is 2.37. The topological polar surface area (TPSA) is 45.2 Å². The molecule has 0 radical (unpaired) electrons. The van der Waals surface area contributed by atoms with Crippen LogP contribution in [0.5, 0.6) is 11.5 Å². The van der Waals surface area contributed by atoms with E-state index in [1.165, 1.54) is 18.2 Å². The standard InChI is InChI=1S/C15H10F3NO2/c16-15(17,18)21-10-3-1-2-9(8-10)11-4-5-13-12(14(11)20)6-7-19-13/h1-8,19-20H. The number of hydrogen-bond acceptors (Lipinski definition) is 2. The molecule has 0 unspecified atom stereocenters. The van der Waals surface area contributed by atoms with Crippen LogP contribution in [0.3, 0.4) is 0 Å². The minimum atomic E-state index is -4.74. The molecule has 2 N–H and O–H groups in total. The van der Waals surface area contributed by atoms with Gasteiger partial charge in [-0.3, -0.25) is 0 Å². The van der Waals surface area contributed by atoms with Gasteiger partial charge in [0.2, 0.25) is 0 Å². The Labute approximate surface area is 117 Å². The van der Waals surface area contributed by atoms with Crippen LogP contribution in [0.2, 0.25) is 0 Å². The van der Waals surface area contributed by atoms with Gasteiger partial charge in [0.05, 0.1) is 0 Å². The lowest BCUT2D eigenvalue weighted by atomic mass is 10.0. The van der Waals surface area contributed by atoms with Gasteiger partial charge in [0, 0.05) is 22.7 Å². The van der Waals surface area contributed by atoms with Crippen LogP contribution in [0.25, 0.3) is 22.0 Å². The summed E-state index contributed by atoms with van der Waals surface area (Å²) in [7, 11) is 0. The van der Waals surface area contributed by atoms with Crippen molar-refractivity contribution in [2.75, 3.05) is 0 Å². The first-order valence-corrected chi connectivity index (χ1v) is 6.09. The number of aromatic hydroxyl groups is 1. The lowest BCUT2D eigenvalue weighted by molar-refractivity contribution is -0.274. The zero-order valence-corrected chi connectivity index (χ0v) is 10.6. The molecular formula is C15H10F3NO2. The number of rotatable bonds is 2. The molecule has 1 heterocycles. The Bertz CT molecular complexity index is 793. The van der Waals surface area contributed by atoms with Crippen molar-refractivity contribution in [3.63, 3.8) is 0 Å². The Morgan fingerprint density at radius 3 is 2.62 bits per heavy atom. The monoisotopic (exact) mass is 293 g/mol. The lowest BCUT2D eigenvalue weighted by Gasteiger charge is -2.11. The first-order valence-electron chi connectivity index (χ1n) is 6.09. The number of aromatic amines is 1. The second kappa shape index (κ2) is 4.73. The molecule has 1 aromatic heterocycles. The third-order valence-electron chi connectivity index (χ3n) is 3.08. The van der Waals surface area contributed by atoms with Crippen molar-refractivity contribution in [3.8, 4) is 22.6 Å². The normalized spacial score (nSPS) is 11.8. The summed E-state index contributed by atoms with van der Waals surface area (Å²) in [6.45, 7) is 0. The Morgan fingerprint density at radius 2 is 1.86 bits per heavy atom. The molecule has 0 fully saturated rings. The van der Waals surface area contributed by atoms with Crippen LogP contribution in [0, 0.1) is 0 Å². The Morgan fingerprint density at radius 1 is 1.05 bits per heavy atom. The van der Waals surface area contributed by atoms with Gasteiger partial charge in [0.15, 0.2) is 0 Å². The molecule has 0 aliphatic rings. The van der Waals surface area contributed by atoms with E-state index in [0.717, 1.165) is 5.52 Å². The maximum Gasteiger partial charge on any atom is 0.573 e. The average molecular weight is 293 g/mol. The van der Waals surface area contributed by atoms with E-state index in [4.69, 9.17) is 0 Å². The fourth-order valence-corrected chi connectivity index (χ4v) is 2.21. The van der Waals surface area contributed by atoms with E-state index in [-0.39, 0.29) is 11.5 Å². The number of fused-ring (bicyclic) bond motifs is 1. The zero-order valence-electron chi connectivity index (χ0n) is 10.6. The number of H-pyrrole nitrogens is 1. The second-order valence-corrected chi connectivity index (χ2v) is 4.48. The van der Waals surface area contributed by atoms with Crippen molar-refractivity contribution in [3.05, 3.63) is 48.7 Å². The number of aromatic nitrogens is 1. The highest BCUT2D eigenvalue weighted by atomic mass is 19.4. The SMILES string of the molecule is Oc1c(-c2cccc(OC(F)(F)F)c2)ccc2[nH]ccc12. The predicted molar refractivity (Wildman–Crippen MR) is 72.1 cm³/mol. The molecule has 0 spiro atoms. The molecule has 0 atom stereocenters. The minimum Gasteiger partial charge on any atom is -0.507 e. The van der Waals surface area contributed by atoms with Crippen molar-refractivity contribution < 1.29 is 23.0 Å². The number of phenols is 1. The molecule has 0 saturated heterocycles. The van der Waals surface area contributed by atoms with Crippen LogP contribution in [-0.4, -0.2) is 16.5 Å². The number of hydrogen-bond donors (Lipinski definition) is 2. The third-order valence-corrected chi connectivity index (χ3v) is 3.08. The minimum absolute atomic E-state index is 0.0120. The predicted octanol–water partition coefficient (Wildman–Crippen LogP) is 4.44. The second-order valence-electron chi connectivity index (χ2n) is 4.48. The summed E-state index contributed by atoms with van der Waals surface area (Å²) in [5, 5.41) is 10.8. The Balaban J connectivity index is 2.06. The molecule has 0 aliphatic heterocycles. The van der Waals surface area contributed by atoms with Gasteiger partial charge in [-0.05, 0) is 35.9 Å². The molecule has 3 nitrogen and oxygen atoms in total. The van der Waals surface area contributed by atoms with Crippen LogP contribution in [0.15, 0.2) is 48.7 Å². The van der Waals surface area contributed by atoms with Gasteiger partial charge in [-0.25, -0.2) is 0 Å². The van der Waals surface area contributed by atoms with E-state index in [1.807, 2.05) is 0 Å². The fourth-order valence-electron chi connectivity index (χ4n) is 2.21. The zero-order chi connectivity index (χ0) is 15.0. The molecule has 108 valence electrons. The summed E-state index contributed by atoms with van der Waals surface area (Å²) in [4.78, 5) is 2.95. The van der Waals surface area contributed by atoms with Gasteiger partial charge >= 0.3 is 6.36 Å². The van der Waals surface area contributed by atoms with Crippen molar-refractivity contribution in [2.45, 2.75) is 6.36 Å². The fraction of sp³-hybridized carbons (Fsp3) is 0.0667. The van der Waals surface area contributed by atoms with Gasteiger partial charge in [-0.1, -0.05) is 12.1 Å². The molecular weight excluding hydrogens is 283 g/mol. The average Bonchev–Trinajstić information content (AvgIpc) is 2.86. The first kappa shape index (κ1) is 13.4. The molecule has 0 amide bonds. The summed E-state index contributed by atoms with van der Waals surface area (Å²) in [5.41, 5.74) is 1.63. The van der Waals surface area contributed by atoms with Gasteiger partial charge in [0.25, 0.3) is 0 Å². The van der Waals surface area contributed by atoms with Gasteiger partial charge in [0.1, 0.15) is 11.5 Å². The Kier molecular flexibility index (Phi) is 3.01. The number of alkyl halides is 3. The van der Waals surface area contributed by atoms with Gasteiger partial charge in [-0.2, -0.15) is 0 Å². The van der Waals surface area contributed by atoms with Crippen molar-refractivity contribution in [1.29, 1.82) is 0 Å². The number of phenolic OH excluding ortho intramolecular Hbond substituents is 1. The summed E-state index contributed by atoms with van der Waals surface area (Å²) in [6, 6.07) is 10.6. The molecule has 6 heteroatoms. The Hall–Kier alpha value is -2.63. The molecule has 0 bridgehead atoms. The maximum atomic E-state index is 12.2. The van der Waals surface area contributed by atoms with E-state index in [2.05, 4.69) is 9.72 Å². The third kappa shape index (κ3) is 2.65. The van der Waals surface area contributed by atoms with Gasteiger partial charge in [-0.15, -0.1) is 13.2 Å². The van der Waals surface area contributed by atoms with Crippen LogP contribution >= 0.6 is 0 Å². The maximum absolute atomic E-state index is 12.2. The van der Waals surface area contributed by atoms with Crippen molar-refractivity contribution in [1.82, 2.24) is 4.98 Å². The summed E-state index contributed by atoms with van der Waals surface area (Å²) in [5.74, 6) is -0.313. The highest BCUT2D eigenvalue weighted by molar-refractivity contribution is 5.93. The van der Waals surface area contributed by atoms with Crippen LogP contribution in [0.4, 0.5) is 13.2 Å². The molecule has 0 aliphatic carbocycles.